The second-order valence-electron chi connectivity index (χ2n) is 5.14. The van der Waals surface area contributed by atoms with Gasteiger partial charge in [0.15, 0.2) is 4.34 Å². The smallest absolute Gasteiger partial charge is 0.318 e. The maximum atomic E-state index is 13.2. The summed E-state index contributed by atoms with van der Waals surface area (Å²) in [7, 11) is 0. The van der Waals surface area contributed by atoms with Crippen molar-refractivity contribution in [3.63, 3.8) is 0 Å². The minimum atomic E-state index is -0.892. The summed E-state index contributed by atoms with van der Waals surface area (Å²) in [4.78, 5) is 22.8. The number of hydrogen-bond donors (Lipinski definition) is 3. The molecule has 0 aliphatic carbocycles. The van der Waals surface area contributed by atoms with Gasteiger partial charge in [-0.1, -0.05) is 43.0 Å². The number of benzene rings is 1. The fourth-order valence-corrected chi connectivity index (χ4v) is 3.77. The van der Waals surface area contributed by atoms with Gasteiger partial charge in [-0.05, 0) is 24.1 Å². The highest BCUT2D eigenvalue weighted by Gasteiger charge is 2.26. The second kappa shape index (κ2) is 8.06. The summed E-state index contributed by atoms with van der Waals surface area (Å²) in [6.45, 7) is 3.70. The SMILES string of the molecule is CC(C)[C@H](Sc1nnc(Nc2cccc(F)c2)s1)C(=O)NC(N)=O. The summed E-state index contributed by atoms with van der Waals surface area (Å²) in [5, 5.41) is 12.9. The van der Waals surface area contributed by atoms with E-state index in [9.17, 15) is 14.0 Å². The molecule has 1 aromatic carbocycles. The van der Waals surface area contributed by atoms with Crippen molar-refractivity contribution in [1.29, 1.82) is 0 Å². The number of halogens is 1. The Kier molecular flexibility index (Phi) is 6.10. The van der Waals surface area contributed by atoms with Crippen LogP contribution < -0.4 is 16.4 Å². The number of carbonyl (C=O) groups is 2. The van der Waals surface area contributed by atoms with Gasteiger partial charge in [0.2, 0.25) is 11.0 Å². The van der Waals surface area contributed by atoms with Crippen molar-refractivity contribution in [3.05, 3.63) is 30.1 Å². The number of rotatable bonds is 6. The highest BCUT2D eigenvalue weighted by Crippen LogP contribution is 2.33. The molecule has 0 saturated heterocycles. The van der Waals surface area contributed by atoms with Crippen LogP contribution in [0, 0.1) is 11.7 Å². The van der Waals surface area contributed by atoms with Crippen molar-refractivity contribution in [2.75, 3.05) is 5.32 Å². The second-order valence-corrected chi connectivity index (χ2v) is 7.51. The number of thioether (sulfide) groups is 1. The number of amides is 3. The first kappa shape index (κ1) is 18.1. The van der Waals surface area contributed by atoms with Gasteiger partial charge in [0, 0.05) is 5.69 Å². The van der Waals surface area contributed by atoms with Crippen LogP contribution in [0.2, 0.25) is 0 Å². The molecule has 0 saturated carbocycles. The van der Waals surface area contributed by atoms with Gasteiger partial charge in [0.25, 0.3) is 0 Å². The highest BCUT2D eigenvalue weighted by molar-refractivity contribution is 8.02. The number of carbonyl (C=O) groups excluding carboxylic acids is 2. The molecule has 2 aromatic rings. The number of nitrogens with two attached hydrogens (primary N) is 1. The molecule has 0 fully saturated rings. The Balaban J connectivity index is 2.05. The predicted molar refractivity (Wildman–Crippen MR) is 91.8 cm³/mol. The zero-order valence-electron chi connectivity index (χ0n) is 12.9. The Labute approximate surface area is 146 Å². The van der Waals surface area contributed by atoms with Crippen molar-refractivity contribution in [1.82, 2.24) is 15.5 Å². The Morgan fingerprint density at radius 2 is 2.08 bits per heavy atom. The van der Waals surface area contributed by atoms with E-state index in [4.69, 9.17) is 5.73 Å². The van der Waals surface area contributed by atoms with Gasteiger partial charge in [0.1, 0.15) is 5.82 Å². The van der Waals surface area contributed by atoms with Crippen LogP contribution in [-0.4, -0.2) is 27.4 Å². The van der Waals surface area contributed by atoms with E-state index < -0.39 is 17.2 Å². The number of aromatic nitrogens is 2. The van der Waals surface area contributed by atoms with Crippen molar-refractivity contribution in [2.45, 2.75) is 23.4 Å². The van der Waals surface area contributed by atoms with E-state index in [2.05, 4.69) is 20.8 Å². The van der Waals surface area contributed by atoms with Gasteiger partial charge < -0.3 is 11.1 Å². The van der Waals surface area contributed by atoms with Crippen LogP contribution in [0.4, 0.5) is 20.0 Å². The molecule has 24 heavy (non-hydrogen) atoms. The van der Waals surface area contributed by atoms with Crippen molar-refractivity contribution < 1.29 is 14.0 Å². The lowest BCUT2D eigenvalue weighted by molar-refractivity contribution is -0.120. The third-order valence-corrected chi connectivity index (χ3v) is 5.29. The monoisotopic (exact) mass is 369 g/mol. The van der Waals surface area contributed by atoms with Crippen LogP contribution in [0.5, 0.6) is 0 Å². The Hall–Kier alpha value is -2.20. The largest absolute Gasteiger partial charge is 0.351 e. The van der Waals surface area contributed by atoms with Crippen LogP contribution in [0.1, 0.15) is 13.8 Å². The summed E-state index contributed by atoms with van der Waals surface area (Å²) in [5.74, 6) is -0.877. The molecule has 1 atom stereocenters. The number of anilines is 2. The van der Waals surface area contributed by atoms with E-state index >= 15 is 0 Å². The molecule has 1 aromatic heterocycles. The lowest BCUT2D eigenvalue weighted by atomic mass is 10.1. The molecule has 10 heteroatoms. The van der Waals surface area contributed by atoms with E-state index in [-0.39, 0.29) is 11.7 Å². The van der Waals surface area contributed by atoms with Crippen LogP contribution in [0.3, 0.4) is 0 Å². The maximum absolute atomic E-state index is 13.2. The summed E-state index contributed by atoms with van der Waals surface area (Å²) < 4.78 is 13.7. The van der Waals surface area contributed by atoms with E-state index in [1.54, 1.807) is 12.1 Å². The number of nitrogens with zero attached hydrogens (tertiary/aromatic N) is 2. The first-order valence-corrected chi connectivity index (χ1v) is 8.68. The molecule has 3 amide bonds. The van der Waals surface area contributed by atoms with Crippen LogP contribution in [0.15, 0.2) is 28.6 Å². The molecule has 1 heterocycles. The Morgan fingerprint density at radius 3 is 2.71 bits per heavy atom. The number of primary amides is 1. The first-order valence-electron chi connectivity index (χ1n) is 6.98. The first-order chi connectivity index (χ1) is 11.3. The molecule has 2 rings (SSSR count). The van der Waals surface area contributed by atoms with Crippen LogP contribution in [0.25, 0.3) is 0 Å². The Bertz CT molecular complexity index is 737. The predicted octanol–water partition coefficient (Wildman–Crippen LogP) is 2.73. The van der Waals surface area contributed by atoms with Gasteiger partial charge in [-0.3, -0.25) is 10.1 Å². The molecular formula is C14H16FN5O2S2. The van der Waals surface area contributed by atoms with Crippen molar-refractivity contribution >= 4 is 45.9 Å². The van der Waals surface area contributed by atoms with Crippen molar-refractivity contribution in [2.24, 2.45) is 11.7 Å². The molecule has 0 radical (unpaired) electrons. The fraction of sp³-hybridized carbons (Fsp3) is 0.286. The summed E-state index contributed by atoms with van der Waals surface area (Å²) in [5.41, 5.74) is 5.53. The number of imide groups is 1. The third kappa shape index (κ3) is 5.17. The van der Waals surface area contributed by atoms with Crippen LogP contribution >= 0.6 is 23.1 Å². The van der Waals surface area contributed by atoms with Gasteiger partial charge in [-0.15, -0.1) is 10.2 Å². The standard InChI is InChI=1S/C14H16FN5O2S2/c1-7(2)10(11(21)18-12(16)22)23-14-20-19-13(24-14)17-9-5-3-4-8(15)6-9/h3-7,10H,1-2H3,(H,17,19)(H3,16,18,21,22)/t10-/m0/s1. The molecule has 0 aliphatic heterocycles. The average Bonchev–Trinajstić information content (AvgIpc) is 2.91. The summed E-state index contributed by atoms with van der Waals surface area (Å²) in [6.07, 6.45) is 0. The van der Waals surface area contributed by atoms with E-state index in [1.165, 1.54) is 35.2 Å². The van der Waals surface area contributed by atoms with Gasteiger partial charge in [0.05, 0.1) is 5.25 Å². The lowest BCUT2D eigenvalue weighted by Gasteiger charge is -2.16. The number of urea groups is 1. The molecule has 7 nitrogen and oxygen atoms in total. The third-order valence-electron chi connectivity index (χ3n) is 2.82. The van der Waals surface area contributed by atoms with E-state index in [1.807, 2.05) is 13.8 Å². The molecule has 0 unspecified atom stereocenters. The minimum absolute atomic E-state index is 0.0436. The lowest BCUT2D eigenvalue weighted by Crippen LogP contribution is -2.42. The fourth-order valence-electron chi connectivity index (χ4n) is 1.79. The molecule has 4 N–H and O–H groups in total. The quantitative estimate of drug-likeness (QED) is 0.675. The molecule has 0 aliphatic rings. The minimum Gasteiger partial charge on any atom is -0.351 e. The molecule has 0 spiro atoms. The highest BCUT2D eigenvalue weighted by atomic mass is 32.2. The molecule has 0 bridgehead atoms. The van der Waals surface area contributed by atoms with E-state index in [0.717, 1.165) is 0 Å². The number of nitrogens with one attached hydrogen (secondary N) is 2. The van der Waals surface area contributed by atoms with Crippen molar-refractivity contribution in [3.8, 4) is 0 Å². The van der Waals surface area contributed by atoms with E-state index in [0.29, 0.717) is 15.2 Å². The summed E-state index contributed by atoms with van der Waals surface area (Å²) >= 11 is 2.42. The summed E-state index contributed by atoms with van der Waals surface area (Å²) in [6, 6.07) is 5.08. The molecular weight excluding hydrogens is 353 g/mol. The topological polar surface area (TPSA) is 110 Å². The van der Waals surface area contributed by atoms with Gasteiger partial charge in [-0.25, -0.2) is 9.18 Å². The van der Waals surface area contributed by atoms with Crippen LogP contribution in [-0.2, 0) is 4.79 Å². The maximum Gasteiger partial charge on any atom is 0.318 e. The Morgan fingerprint density at radius 1 is 1.33 bits per heavy atom. The number of hydrogen-bond acceptors (Lipinski definition) is 7. The molecule has 128 valence electrons. The van der Waals surface area contributed by atoms with Gasteiger partial charge >= 0.3 is 6.03 Å². The normalized spacial score (nSPS) is 12.0. The zero-order valence-corrected chi connectivity index (χ0v) is 14.6. The van der Waals surface area contributed by atoms with Gasteiger partial charge in [-0.2, -0.15) is 0 Å². The average molecular weight is 369 g/mol. The zero-order chi connectivity index (χ0) is 17.7.